The maximum atomic E-state index is 11.1. The molecular weight excluding hydrogens is 306 g/mol. The van der Waals surface area contributed by atoms with Gasteiger partial charge in [0.1, 0.15) is 30.1 Å². The van der Waals surface area contributed by atoms with E-state index in [4.69, 9.17) is 14.6 Å². The first-order valence-corrected chi connectivity index (χ1v) is 7.05. The molecule has 1 saturated heterocycles. The second-order valence-electron chi connectivity index (χ2n) is 5.13. The molecular formula is C15H19NO7. The minimum absolute atomic E-state index is 0.276. The highest BCUT2D eigenvalue weighted by Crippen LogP contribution is 2.23. The zero-order valence-electron chi connectivity index (χ0n) is 12.4. The molecule has 0 radical (unpaired) electrons. The van der Waals surface area contributed by atoms with Gasteiger partial charge in [0.25, 0.3) is 0 Å². The van der Waals surface area contributed by atoms with E-state index in [-0.39, 0.29) is 5.75 Å². The van der Waals surface area contributed by atoms with Crippen LogP contribution in [0.4, 0.5) is 0 Å². The van der Waals surface area contributed by atoms with E-state index in [1.54, 1.807) is 24.3 Å². The lowest BCUT2D eigenvalue weighted by Gasteiger charge is -2.38. The van der Waals surface area contributed by atoms with Gasteiger partial charge in [-0.05, 0) is 12.1 Å². The van der Waals surface area contributed by atoms with Gasteiger partial charge in [0, 0.05) is 18.7 Å². The van der Waals surface area contributed by atoms with Crippen LogP contribution in [0.1, 0.15) is 12.5 Å². The number of aliphatic imine (C=N–C) groups is 1. The fraction of sp³-hybridized carbons (Fsp3) is 0.467. The molecule has 0 aromatic heterocycles. The van der Waals surface area contributed by atoms with Crippen molar-refractivity contribution in [2.24, 2.45) is 4.99 Å². The Labute approximate surface area is 132 Å². The van der Waals surface area contributed by atoms with Crippen molar-refractivity contribution in [3.63, 3.8) is 0 Å². The Balaban J connectivity index is 2.18. The first-order valence-electron chi connectivity index (χ1n) is 7.05. The largest absolute Gasteiger partial charge is 0.426 e. The molecule has 0 bridgehead atoms. The topological polar surface area (TPSA) is 129 Å². The summed E-state index contributed by atoms with van der Waals surface area (Å²) in [5, 5.41) is 38.7. The van der Waals surface area contributed by atoms with Crippen LogP contribution in [0.3, 0.4) is 0 Å². The minimum Gasteiger partial charge on any atom is -0.426 e. The maximum absolute atomic E-state index is 11.1. The molecule has 8 nitrogen and oxygen atoms in total. The third kappa shape index (κ3) is 4.12. The third-order valence-corrected chi connectivity index (χ3v) is 3.43. The van der Waals surface area contributed by atoms with Crippen molar-refractivity contribution >= 4 is 12.2 Å². The summed E-state index contributed by atoms with van der Waals surface area (Å²) in [7, 11) is 0. The summed E-state index contributed by atoms with van der Waals surface area (Å²) in [6.07, 6.45) is -4.05. The van der Waals surface area contributed by atoms with Crippen molar-refractivity contribution in [2.75, 3.05) is 6.61 Å². The Kier molecular flexibility index (Phi) is 5.80. The molecule has 0 amide bonds. The van der Waals surface area contributed by atoms with Gasteiger partial charge in [-0.25, -0.2) is 0 Å². The molecule has 4 N–H and O–H groups in total. The van der Waals surface area contributed by atoms with Gasteiger partial charge >= 0.3 is 5.97 Å². The van der Waals surface area contributed by atoms with E-state index < -0.39 is 43.2 Å². The van der Waals surface area contributed by atoms with Crippen LogP contribution in [-0.4, -0.2) is 69.9 Å². The quantitative estimate of drug-likeness (QED) is 0.312. The summed E-state index contributed by atoms with van der Waals surface area (Å²) in [6, 6.07) is 5.45. The lowest BCUT2D eigenvalue weighted by atomic mass is 9.97. The number of carbonyl (C=O) groups is 1. The Morgan fingerprint density at radius 1 is 1.30 bits per heavy atom. The van der Waals surface area contributed by atoms with Gasteiger partial charge in [-0.3, -0.25) is 9.79 Å². The molecule has 1 fully saturated rings. The number of rotatable bonds is 4. The molecule has 1 aromatic carbocycles. The number of esters is 1. The van der Waals surface area contributed by atoms with Gasteiger partial charge in [-0.15, -0.1) is 0 Å². The van der Waals surface area contributed by atoms with Crippen molar-refractivity contribution in [1.82, 2.24) is 0 Å². The second-order valence-corrected chi connectivity index (χ2v) is 5.13. The highest BCUT2D eigenvalue weighted by Gasteiger charge is 2.43. The molecule has 0 spiro atoms. The van der Waals surface area contributed by atoms with Crippen LogP contribution in [0, 0.1) is 0 Å². The van der Waals surface area contributed by atoms with Gasteiger partial charge in [-0.2, -0.15) is 0 Å². The number of carbonyl (C=O) groups excluding carboxylic acids is 1. The van der Waals surface area contributed by atoms with E-state index in [0.29, 0.717) is 5.56 Å². The summed E-state index contributed by atoms with van der Waals surface area (Å²) in [6.45, 7) is 0.725. The van der Waals surface area contributed by atoms with Crippen molar-refractivity contribution in [1.29, 1.82) is 0 Å². The van der Waals surface area contributed by atoms with Crippen LogP contribution in [0.5, 0.6) is 5.75 Å². The Hall–Kier alpha value is -1.84. The Morgan fingerprint density at radius 2 is 2.00 bits per heavy atom. The number of hydrogen-bond donors (Lipinski definition) is 4. The van der Waals surface area contributed by atoms with Crippen LogP contribution in [0.2, 0.25) is 0 Å². The number of aliphatic hydroxyl groups excluding tert-OH is 4. The number of aliphatic hydroxyl groups is 4. The predicted octanol–water partition coefficient (Wildman–Crippen LogP) is -1.17. The molecule has 1 heterocycles. The van der Waals surface area contributed by atoms with Crippen molar-refractivity contribution in [3.8, 4) is 5.75 Å². The van der Waals surface area contributed by atoms with Gasteiger partial charge in [0.15, 0.2) is 6.29 Å². The molecule has 0 saturated carbocycles. The van der Waals surface area contributed by atoms with Crippen molar-refractivity contribution < 1.29 is 34.7 Å². The van der Waals surface area contributed by atoms with Crippen LogP contribution < -0.4 is 4.74 Å². The molecule has 8 heteroatoms. The van der Waals surface area contributed by atoms with Crippen LogP contribution in [-0.2, 0) is 9.53 Å². The SMILES string of the molecule is CC(=O)Oc1ccccc1C=N[C@H]1C(O)O[C@H](CO)[C@H](O)[C@@H]1O. The minimum atomic E-state index is -1.48. The van der Waals surface area contributed by atoms with Gasteiger partial charge in [-0.1, -0.05) is 12.1 Å². The monoisotopic (exact) mass is 325 g/mol. The third-order valence-electron chi connectivity index (χ3n) is 3.43. The number of nitrogens with zero attached hydrogens (tertiary/aromatic N) is 1. The fourth-order valence-corrected chi connectivity index (χ4v) is 2.24. The van der Waals surface area contributed by atoms with Crippen molar-refractivity contribution in [2.45, 2.75) is 37.6 Å². The maximum Gasteiger partial charge on any atom is 0.308 e. The Morgan fingerprint density at radius 3 is 2.65 bits per heavy atom. The average Bonchev–Trinajstić information content (AvgIpc) is 2.51. The highest BCUT2D eigenvalue weighted by molar-refractivity contribution is 5.85. The molecule has 2 rings (SSSR count). The van der Waals surface area contributed by atoms with Crippen molar-refractivity contribution in [3.05, 3.63) is 29.8 Å². The van der Waals surface area contributed by atoms with E-state index in [0.717, 1.165) is 0 Å². The van der Waals surface area contributed by atoms with E-state index >= 15 is 0 Å². The molecule has 23 heavy (non-hydrogen) atoms. The molecule has 1 aliphatic rings. The van der Waals surface area contributed by atoms with E-state index in [1.165, 1.54) is 13.1 Å². The van der Waals surface area contributed by atoms with Gasteiger partial charge in [0.2, 0.25) is 0 Å². The van der Waals surface area contributed by atoms with Gasteiger partial charge < -0.3 is 29.9 Å². The number of para-hydroxylation sites is 1. The summed E-state index contributed by atoms with van der Waals surface area (Å²) >= 11 is 0. The standard InChI is InChI=1S/C15H19NO7/c1-8(18)22-10-5-3-2-4-9(10)6-16-12-14(20)13(19)11(7-17)23-15(12)21/h2-6,11-15,17,19-21H,7H2,1H3/t11-,12-,13+,14-,15?/m1/s1. The second kappa shape index (κ2) is 7.62. The summed E-state index contributed by atoms with van der Waals surface area (Å²) < 4.78 is 10.0. The molecule has 0 aliphatic carbocycles. The van der Waals surface area contributed by atoms with Gasteiger partial charge in [0.05, 0.1) is 6.61 Å². The lowest BCUT2D eigenvalue weighted by Crippen LogP contribution is -2.57. The molecule has 126 valence electrons. The average molecular weight is 325 g/mol. The van der Waals surface area contributed by atoms with Crippen LogP contribution in [0.15, 0.2) is 29.3 Å². The van der Waals surface area contributed by atoms with Crippen LogP contribution in [0.25, 0.3) is 0 Å². The molecule has 1 aliphatic heterocycles. The van der Waals surface area contributed by atoms with E-state index in [9.17, 15) is 20.1 Å². The summed E-state index contributed by atoms with van der Waals surface area (Å²) in [5.74, 6) is -0.216. The highest BCUT2D eigenvalue weighted by atomic mass is 16.6. The predicted molar refractivity (Wildman–Crippen MR) is 79.1 cm³/mol. The smallest absolute Gasteiger partial charge is 0.308 e. The molecule has 1 unspecified atom stereocenters. The molecule has 1 aromatic rings. The summed E-state index contributed by atoms with van der Waals surface area (Å²) in [4.78, 5) is 15.1. The zero-order valence-corrected chi connectivity index (χ0v) is 12.4. The Bertz CT molecular complexity index is 577. The summed E-state index contributed by atoms with van der Waals surface area (Å²) in [5.41, 5.74) is 0.459. The van der Waals surface area contributed by atoms with Crippen LogP contribution >= 0.6 is 0 Å². The first kappa shape index (κ1) is 17.5. The number of benzene rings is 1. The zero-order chi connectivity index (χ0) is 17.0. The molecule has 5 atom stereocenters. The number of hydrogen-bond acceptors (Lipinski definition) is 8. The first-order chi connectivity index (χ1) is 10.9. The van der Waals surface area contributed by atoms with E-state index in [2.05, 4.69) is 4.99 Å². The van der Waals surface area contributed by atoms with E-state index in [1.807, 2.05) is 0 Å². The number of ether oxygens (including phenoxy) is 2. The fourth-order valence-electron chi connectivity index (χ4n) is 2.24. The normalized spacial score (nSPS) is 31.3. The lowest BCUT2D eigenvalue weighted by molar-refractivity contribution is -0.248.